The van der Waals surface area contributed by atoms with Crippen LogP contribution >= 0.6 is 12.4 Å². The topological polar surface area (TPSA) is 29.3 Å². The maximum Gasteiger partial charge on any atom is 0.416 e. The summed E-state index contributed by atoms with van der Waals surface area (Å²) in [6.07, 6.45) is -2.77. The van der Waals surface area contributed by atoms with Gasteiger partial charge in [-0.25, -0.2) is 0 Å². The fourth-order valence-electron chi connectivity index (χ4n) is 2.63. The van der Waals surface area contributed by atoms with Gasteiger partial charge in [0, 0.05) is 12.6 Å². The van der Waals surface area contributed by atoms with Gasteiger partial charge < -0.3 is 10.6 Å². The Balaban J connectivity index is 0.00000200. The molecule has 1 aromatic carbocycles. The Morgan fingerprint density at radius 2 is 2.05 bits per heavy atom. The number of benzene rings is 1. The van der Waals surface area contributed by atoms with Crippen molar-refractivity contribution >= 4 is 12.4 Å². The van der Waals surface area contributed by atoms with Crippen LogP contribution in [0.15, 0.2) is 24.3 Å². The van der Waals surface area contributed by atoms with E-state index in [2.05, 4.69) is 4.90 Å². The first-order valence-electron chi connectivity index (χ1n) is 6.46. The Hall–Kier alpha value is -0.780. The number of rotatable bonds is 2. The van der Waals surface area contributed by atoms with Crippen LogP contribution in [-0.2, 0) is 12.6 Å². The number of nitrogens with zero attached hydrogens (tertiary/aromatic N) is 1. The van der Waals surface area contributed by atoms with Gasteiger partial charge >= 0.3 is 6.18 Å². The Morgan fingerprint density at radius 3 is 2.70 bits per heavy atom. The van der Waals surface area contributed by atoms with Crippen LogP contribution in [0, 0.1) is 5.92 Å². The van der Waals surface area contributed by atoms with Gasteiger partial charge in [-0.1, -0.05) is 18.2 Å². The molecule has 20 heavy (non-hydrogen) atoms. The predicted molar refractivity (Wildman–Crippen MR) is 76.0 cm³/mol. The molecule has 1 aliphatic heterocycles. The van der Waals surface area contributed by atoms with Crippen molar-refractivity contribution < 1.29 is 13.2 Å². The Morgan fingerprint density at radius 1 is 1.35 bits per heavy atom. The van der Waals surface area contributed by atoms with Gasteiger partial charge in [-0.3, -0.25) is 0 Å². The lowest BCUT2D eigenvalue weighted by atomic mass is 9.87. The summed E-state index contributed by atoms with van der Waals surface area (Å²) in [5.74, 6) is 0.224. The molecule has 0 radical (unpaired) electrons. The fourth-order valence-corrected chi connectivity index (χ4v) is 2.63. The first-order chi connectivity index (χ1) is 8.86. The standard InChI is InChI=1S/C14H19F3N2.ClH/c1-19-6-5-13(18)11(9-19)7-10-3-2-4-12(8-10)14(15,16)17;/h2-4,8,11,13H,5-7,9,18H2,1H3;1H. The number of hydrogen-bond donors (Lipinski definition) is 1. The zero-order chi connectivity index (χ0) is 14.0. The molecule has 2 atom stereocenters. The first kappa shape index (κ1) is 17.3. The van der Waals surface area contributed by atoms with Crippen LogP contribution in [0.1, 0.15) is 17.5 Å². The second-order valence-electron chi connectivity index (χ2n) is 5.38. The third-order valence-corrected chi connectivity index (χ3v) is 3.75. The minimum absolute atomic E-state index is 0. The molecule has 0 spiro atoms. The van der Waals surface area contributed by atoms with E-state index in [-0.39, 0.29) is 24.4 Å². The smallest absolute Gasteiger partial charge is 0.327 e. The van der Waals surface area contributed by atoms with E-state index in [1.165, 1.54) is 12.1 Å². The molecule has 114 valence electrons. The number of likely N-dealkylation sites (tertiary alicyclic amines) is 1. The normalized spacial score (nSPS) is 24.2. The van der Waals surface area contributed by atoms with Crippen LogP contribution in [0.2, 0.25) is 0 Å². The van der Waals surface area contributed by atoms with Crippen LogP contribution < -0.4 is 5.73 Å². The molecule has 2 rings (SSSR count). The van der Waals surface area contributed by atoms with Gasteiger partial charge in [-0.15, -0.1) is 12.4 Å². The van der Waals surface area contributed by atoms with Crippen LogP contribution in [0.3, 0.4) is 0 Å². The van der Waals surface area contributed by atoms with Crippen LogP contribution in [0.4, 0.5) is 13.2 Å². The van der Waals surface area contributed by atoms with E-state index in [0.717, 1.165) is 25.6 Å². The molecule has 1 heterocycles. The highest BCUT2D eigenvalue weighted by Gasteiger charge is 2.31. The summed E-state index contributed by atoms with van der Waals surface area (Å²) in [7, 11) is 2.02. The molecule has 2 unspecified atom stereocenters. The minimum atomic E-state index is -4.28. The fraction of sp³-hybridized carbons (Fsp3) is 0.571. The van der Waals surface area contributed by atoms with Crippen molar-refractivity contribution in [2.45, 2.75) is 25.1 Å². The molecular weight excluding hydrogens is 289 g/mol. The summed E-state index contributed by atoms with van der Waals surface area (Å²) in [6, 6.07) is 5.63. The van der Waals surface area contributed by atoms with Crippen LogP contribution in [-0.4, -0.2) is 31.1 Å². The van der Waals surface area contributed by atoms with E-state index in [1.807, 2.05) is 7.05 Å². The number of nitrogens with two attached hydrogens (primary N) is 1. The molecular formula is C14H20ClF3N2. The maximum absolute atomic E-state index is 12.7. The highest BCUT2D eigenvalue weighted by molar-refractivity contribution is 5.85. The van der Waals surface area contributed by atoms with E-state index in [1.54, 1.807) is 6.07 Å². The molecule has 0 aromatic heterocycles. The first-order valence-corrected chi connectivity index (χ1v) is 6.46. The van der Waals surface area contributed by atoms with Crippen molar-refractivity contribution in [2.75, 3.05) is 20.1 Å². The third kappa shape index (κ3) is 4.36. The third-order valence-electron chi connectivity index (χ3n) is 3.75. The molecule has 1 aromatic rings. The summed E-state index contributed by atoms with van der Waals surface area (Å²) < 4.78 is 38.0. The van der Waals surface area contributed by atoms with E-state index in [0.29, 0.717) is 12.0 Å². The molecule has 2 N–H and O–H groups in total. The van der Waals surface area contributed by atoms with Crippen molar-refractivity contribution in [1.82, 2.24) is 4.90 Å². The number of piperidine rings is 1. The molecule has 0 bridgehead atoms. The SMILES string of the molecule is CN1CCC(N)C(Cc2cccc(C(F)(F)F)c2)C1.Cl. The van der Waals surface area contributed by atoms with Gasteiger partial charge in [-0.05, 0) is 44.0 Å². The van der Waals surface area contributed by atoms with E-state index < -0.39 is 11.7 Å². The molecule has 0 aliphatic carbocycles. The van der Waals surface area contributed by atoms with Gasteiger partial charge in [0.15, 0.2) is 0 Å². The van der Waals surface area contributed by atoms with Crippen LogP contribution in [0.5, 0.6) is 0 Å². The highest BCUT2D eigenvalue weighted by atomic mass is 35.5. The summed E-state index contributed by atoms with van der Waals surface area (Å²) in [6.45, 7) is 1.80. The second kappa shape index (κ2) is 6.78. The average Bonchev–Trinajstić information content (AvgIpc) is 2.33. The summed E-state index contributed by atoms with van der Waals surface area (Å²) in [5.41, 5.74) is 6.20. The van der Waals surface area contributed by atoms with Gasteiger partial charge in [-0.2, -0.15) is 13.2 Å². The largest absolute Gasteiger partial charge is 0.416 e. The second-order valence-corrected chi connectivity index (χ2v) is 5.38. The lowest BCUT2D eigenvalue weighted by molar-refractivity contribution is -0.137. The Bertz CT molecular complexity index is 437. The Kier molecular flexibility index (Phi) is 5.86. The number of alkyl halides is 3. The Labute approximate surface area is 123 Å². The van der Waals surface area contributed by atoms with Crippen molar-refractivity contribution in [3.8, 4) is 0 Å². The molecule has 2 nitrogen and oxygen atoms in total. The van der Waals surface area contributed by atoms with Crippen molar-refractivity contribution in [3.05, 3.63) is 35.4 Å². The van der Waals surface area contributed by atoms with Gasteiger partial charge in [0.2, 0.25) is 0 Å². The molecule has 0 amide bonds. The maximum atomic E-state index is 12.7. The lowest BCUT2D eigenvalue weighted by Crippen LogP contribution is -2.46. The molecule has 0 saturated carbocycles. The van der Waals surface area contributed by atoms with Crippen LogP contribution in [0.25, 0.3) is 0 Å². The monoisotopic (exact) mass is 308 g/mol. The van der Waals surface area contributed by atoms with E-state index in [9.17, 15) is 13.2 Å². The van der Waals surface area contributed by atoms with Crippen molar-refractivity contribution in [3.63, 3.8) is 0 Å². The molecule has 1 aliphatic rings. The quantitative estimate of drug-likeness (QED) is 0.910. The lowest BCUT2D eigenvalue weighted by Gasteiger charge is -2.34. The van der Waals surface area contributed by atoms with Crippen molar-refractivity contribution in [2.24, 2.45) is 11.7 Å². The van der Waals surface area contributed by atoms with E-state index >= 15 is 0 Å². The molecule has 1 fully saturated rings. The van der Waals surface area contributed by atoms with Gasteiger partial charge in [0.1, 0.15) is 0 Å². The molecule has 1 saturated heterocycles. The molecule has 6 heteroatoms. The van der Waals surface area contributed by atoms with Gasteiger partial charge in [0.25, 0.3) is 0 Å². The number of halogens is 4. The zero-order valence-electron chi connectivity index (χ0n) is 11.4. The summed E-state index contributed by atoms with van der Waals surface area (Å²) in [4.78, 5) is 2.18. The van der Waals surface area contributed by atoms with Gasteiger partial charge in [0.05, 0.1) is 5.56 Å². The highest BCUT2D eigenvalue weighted by Crippen LogP contribution is 2.30. The van der Waals surface area contributed by atoms with Crippen molar-refractivity contribution in [1.29, 1.82) is 0 Å². The minimum Gasteiger partial charge on any atom is -0.327 e. The predicted octanol–water partition coefficient (Wildman–Crippen LogP) is 2.95. The zero-order valence-corrected chi connectivity index (χ0v) is 12.2. The average molecular weight is 309 g/mol. The summed E-state index contributed by atoms with van der Waals surface area (Å²) >= 11 is 0. The van der Waals surface area contributed by atoms with E-state index in [4.69, 9.17) is 5.73 Å². The summed E-state index contributed by atoms with van der Waals surface area (Å²) in [5, 5.41) is 0. The number of hydrogen-bond acceptors (Lipinski definition) is 2.